The number of aromatic nitrogens is 9. The molecule has 0 aliphatic rings. The second-order valence-corrected chi connectivity index (χ2v) is 21.8. The van der Waals surface area contributed by atoms with Crippen molar-refractivity contribution in [3.05, 3.63) is 337 Å². The molecule has 0 radical (unpaired) electrons. The summed E-state index contributed by atoms with van der Waals surface area (Å²) in [4.78, 5) is 83.8. The molecule has 12 rings (SSSR count). The van der Waals surface area contributed by atoms with Crippen molar-refractivity contribution in [1.82, 2.24) is 44.9 Å². The Balaban J connectivity index is 0.000000324. The largest absolute Gasteiger partial charge is 2.00 e. The summed E-state index contributed by atoms with van der Waals surface area (Å²) < 4.78 is 17.4. The van der Waals surface area contributed by atoms with Gasteiger partial charge in [0.25, 0.3) is 17.1 Å². The molecular formula is C75H63Cl4Fe2N15O9. The number of halogens is 4. The first-order chi connectivity index (χ1) is 48.2. The zero-order chi connectivity index (χ0) is 69.1. The van der Waals surface area contributed by atoms with Crippen molar-refractivity contribution in [3.63, 3.8) is 0 Å². The van der Waals surface area contributed by atoms with E-state index in [0.29, 0.717) is 54.2 Å². The molecule has 0 aliphatic carbocycles. The monoisotopic (exact) mass is 1570 g/mol. The summed E-state index contributed by atoms with van der Waals surface area (Å²) in [5, 5.41) is 32.3. The third-order valence-electron chi connectivity index (χ3n) is 14.8. The van der Waals surface area contributed by atoms with Crippen molar-refractivity contribution in [2.24, 2.45) is 15.0 Å². The minimum atomic E-state index is -0.418. The zero-order valence-electron chi connectivity index (χ0n) is 55.9. The van der Waals surface area contributed by atoms with E-state index in [4.69, 9.17) is 14.2 Å². The standard InChI is InChI=1S/3C25H21N5O3.4ClH.2Fe/c3*1-18(20-6-9-22(10-7-20)30(31)32)27-15-21-8-11-23(16-28-21)33-17-19-5-12-25(29-14-19)24-4-2-3-13-26-24;;;;;;/h3*2-16,18H,17H2,1H3;4*1H;;/q;;;;;;;2*+2/p-4/t3*18-;;;;;;/m111....../s1. The number of nitro benzene ring substituents is 3. The van der Waals surface area contributed by atoms with Crippen LogP contribution in [0.2, 0.25) is 0 Å². The quantitative estimate of drug-likeness (QED) is 0.0361. The van der Waals surface area contributed by atoms with Gasteiger partial charge in [-0.25, -0.2) is 0 Å². The topological polar surface area (TPSA) is 310 Å². The molecule has 24 nitrogen and oxygen atoms in total. The molecule has 0 spiro atoms. The van der Waals surface area contributed by atoms with E-state index < -0.39 is 14.8 Å². The van der Waals surface area contributed by atoms with Gasteiger partial charge in [-0.2, -0.15) is 0 Å². The van der Waals surface area contributed by atoms with Gasteiger partial charge >= 0.3 is 34.1 Å². The Bertz CT molecular complexity index is 4190. The van der Waals surface area contributed by atoms with Crippen molar-refractivity contribution in [2.75, 3.05) is 0 Å². The van der Waals surface area contributed by atoms with E-state index in [-0.39, 0.29) is 119 Å². The summed E-state index contributed by atoms with van der Waals surface area (Å²) in [5.41, 5.74) is 12.7. The number of nitrogens with zero attached hydrogens (tertiary/aromatic N) is 15. The first-order valence-corrected chi connectivity index (χ1v) is 30.9. The number of non-ortho nitro benzene ring substituents is 3. The first kappa shape index (κ1) is 86.2. The second kappa shape index (κ2) is 44.4. The summed E-state index contributed by atoms with van der Waals surface area (Å²) >= 11 is 0. The molecule has 9 heterocycles. The van der Waals surface area contributed by atoms with Crippen LogP contribution in [0.4, 0.5) is 17.1 Å². The second-order valence-electron chi connectivity index (χ2n) is 21.8. The Hall–Kier alpha value is -11.2. The van der Waals surface area contributed by atoms with Gasteiger partial charge in [-0.15, -0.1) is 0 Å². The van der Waals surface area contributed by atoms with Crippen LogP contribution in [0, 0.1) is 30.3 Å². The van der Waals surface area contributed by atoms with E-state index in [2.05, 4.69) is 59.8 Å². The summed E-state index contributed by atoms with van der Waals surface area (Å²) in [6.07, 6.45) is 20.5. The molecule has 12 aromatic rings. The van der Waals surface area contributed by atoms with Crippen LogP contribution in [0.1, 0.15) is 89.4 Å². The van der Waals surface area contributed by atoms with Gasteiger partial charge < -0.3 is 63.8 Å². The van der Waals surface area contributed by atoms with Gasteiger partial charge in [0.2, 0.25) is 0 Å². The number of ether oxygens (including phenoxy) is 3. The summed E-state index contributed by atoms with van der Waals surface area (Å²) in [6.45, 7) is 6.89. The van der Waals surface area contributed by atoms with E-state index in [1.54, 1.807) is 111 Å². The maximum absolute atomic E-state index is 10.8. The first-order valence-electron chi connectivity index (χ1n) is 30.9. The Kier molecular flexibility index (Phi) is 36.4. The van der Waals surface area contributed by atoms with E-state index in [9.17, 15) is 30.3 Å². The molecule has 3 atom stereocenters. The fourth-order valence-corrected chi connectivity index (χ4v) is 9.13. The molecule has 0 amide bonds. The average molecular weight is 1570 g/mol. The fourth-order valence-electron chi connectivity index (χ4n) is 9.13. The third-order valence-corrected chi connectivity index (χ3v) is 14.8. The number of pyridine rings is 9. The van der Waals surface area contributed by atoms with E-state index >= 15 is 0 Å². The number of nitro groups is 3. The van der Waals surface area contributed by atoms with Crippen LogP contribution >= 0.6 is 0 Å². The van der Waals surface area contributed by atoms with Crippen LogP contribution in [0.15, 0.2) is 271 Å². The van der Waals surface area contributed by atoms with Gasteiger partial charge in [-0.3, -0.25) is 90.2 Å². The number of rotatable bonds is 24. The van der Waals surface area contributed by atoms with Gasteiger partial charge in [-0.1, -0.05) is 72.8 Å². The van der Waals surface area contributed by atoms with Gasteiger partial charge in [0.15, 0.2) is 0 Å². The minimum Gasteiger partial charge on any atom is -1.00 e. The van der Waals surface area contributed by atoms with E-state index in [1.807, 2.05) is 148 Å². The Morgan fingerprint density at radius 1 is 0.324 bits per heavy atom. The molecule has 0 N–H and O–H groups in total. The molecule has 0 unspecified atom stereocenters. The molecule has 9 aromatic heterocycles. The van der Waals surface area contributed by atoms with Gasteiger partial charge in [0, 0.05) is 109 Å². The van der Waals surface area contributed by atoms with Gasteiger partial charge in [-0.05, 0) is 128 Å². The molecule has 105 heavy (non-hydrogen) atoms. The Morgan fingerprint density at radius 2 is 0.581 bits per heavy atom. The van der Waals surface area contributed by atoms with Crippen molar-refractivity contribution in [1.29, 1.82) is 0 Å². The molecule has 536 valence electrons. The molecular weight excluding hydrogens is 1510 g/mol. The molecule has 0 fully saturated rings. The van der Waals surface area contributed by atoms with Crippen LogP contribution < -0.4 is 63.8 Å². The van der Waals surface area contributed by atoms with Crippen molar-refractivity contribution >= 4 is 35.7 Å². The maximum Gasteiger partial charge on any atom is 2.00 e. The van der Waals surface area contributed by atoms with Gasteiger partial charge in [0.05, 0.1) is 103 Å². The van der Waals surface area contributed by atoms with E-state index in [0.717, 1.165) is 67.5 Å². The molecule has 0 bridgehead atoms. The van der Waals surface area contributed by atoms with Crippen LogP contribution in [-0.4, -0.2) is 78.3 Å². The average Bonchev–Trinajstić information content (AvgIpc) is 0.876. The normalized spacial score (nSPS) is 11.2. The van der Waals surface area contributed by atoms with Gasteiger partial charge in [0.1, 0.15) is 37.1 Å². The van der Waals surface area contributed by atoms with Crippen molar-refractivity contribution < 1.29 is 113 Å². The fraction of sp³-hybridized carbons (Fsp3) is 0.120. The molecule has 0 aliphatic heterocycles. The molecule has 30 heteroatoms. The molecule has 0 saturated carbocycles. The van der Waals surface area contributed by atoms with Crippen LogP contribution in [0.5, 0.6) is 17.2 Å². The predicted molar refractivity (Wildman–Crippen MR) is 375 cm³/mol. The van der Waals surface area contributed by atoms with Crippen LogP contribution in [-0.2, 0) is 54.0 Å². The predicted octanol–water partition coefficient (Wildman–Crippen LogP) is 3.63. The number of hydrogen-bond donors (Lipinski definition) is 0. The maximum atomic E-state index is 10.8. The number of aliphatic imine (C=N–C) groups is 3. The smallest absolute Gasteiger partial charge is 1.00 e. The van der Waals surface area contributed by atoms with Crippen LogP contribution in [0.3, 0.4) is 0 Å². The van der Waals surface area contributed by atoms with Crippen molar-refractivity contribution in [2.45, 2.75) is 58.7 Å². The minimum absolute atomic E-state index is 0. The number of benzene rings is 3. The van der Waals surface area contributed by atoms with Crippen molar-refractivity contribution in [3.8, 4) is 51.4 Å². The molecule has 3 aromatic carbocycles. The zero-order valence-corrected chi connectivity index (χ0v) is 61.2. The summed E-state index contributed by atoms with van der Waals surface area (Å²) in [5.74, 6) is 1.93. The summed E-state index contributed by atoms with van der Waals surface area (Å²) in [6, 6.07) is 58.5. The third kappa shape index (κ3) is 26.9. The van der Waals surface area contributed by atoms with E-state index in [1.165, 1.54) is 36.4 Å². The summed E-state index contributed by atoms with van der Waals surface area (Å²) in [7, 11) is 0. The van der Waals surface area contributed by atoms with Crippen LogP contribution in [0.25, 0.3) is 34.2 Å². The number of hydrogen-bond acceptors (Lipinski definition) is 21. The Morgan fingerprint density at radius 3 is 0.781 bits per heavy atom. The molecule has 0 saturated heterocycles. The Labute approximate surface area is 650 Å². The SMILES string of the molecule is C[C@@H](N=Cc1ccc(OCc2ccc(-c3ccccn3)nc2)cn1)c1ccc([N+](=O)[O-])cc1.C[C@@H](N=Cc1ccc(OCc2ccc(-c3ccccn3)nc2)cn1)c1ccc([N+](=O)[O-])cc1.C[C@@H](N=Cc1ccc(OCc2ccc(-c3ccccn3)nc2)cn1)c1ccc([N+](=O)[O-])cc1.[Cl-].[Cl-].[Cl-].[Cl-].[Fe+2].[Fe+2].